The molecule has 134 valence electrons. The number of carbonyl (C=O) groups excluding carboxylic acids is 1. The zero-order chi connectivity index (χ0) is 18.1. The molecule has 0 bridgehead atoms. The van der Waals surface area contributed by atoms with Crippen LogP contribution in [0, 0.1) is 6.92 Å². The molecule has 0 spiro atoms. The molecule has 0 heterocycles. The molecule has 25 heavy (non-hydrogen) atoms. The van der Waals surface area contributed by atoms with Gasteiger partial charge in [0.15, 0.2) is 0 Å². The summed E-state index contributed by atoms with van der Waals surface area (Å²) in [5.41, 5.74) is 2.18. The number of aryl methyl sites for hydroxylation is 1. The van der Waals surface area contributed by atoms with Gasteiger partial charge in [0.25, 0.3) is 0 Å². The van der Waals surface area contributed by atoms with Crippen LogP contribution in [0.5, 0.6) is 5.75 Å². The van der Waals surface area contributed by atoms with E-state index in [1.807, 2.05) is 61.5 Å². The third-order valence-electron chi connectivity index (χ3n) is 4.20. The second-order valence-electron chi connectivity index (χ2n) is 5.99. The summed E-state index contributed by atoms with van der Waals surface area (Å²) < 4.78 is 5.71. The molecule has 4 heteroatoms. The van der Waals surface area contributed by atoms with Crippen LogP contribution in [0.4, 0.5) is 0 Å². The van der Waals surface area contributed by atoms with Crippen LogP contribution in [0.15, 0.2) is 54.6 Å². The molecule has 0 aromatic heterocycles. The Morgan fingerprint density at radius 3 is 2.44 bits per heavy atom. The zero-order valence-corrected chi connectivity index (χ0v) is 15.4. The van der Waals surface area contributed by atoms with Gasteiger partial charge in [-0.25, -0.2) is 0 Å². The van der Waals surface area contributed by atoms with E-state index >= 15 is 0 Å². The maximum Gasteiger partial charge on any atom is 0.242 e. The lowest BCUT2D eigenvalue weighted by molar-refractivity contribution is -0.126. The van der Waals surface area contributed by atoms with Gasteiger partial charge in [0, 0.05) is 0 Å². The number of carbonyl (C=O) groups is 1. The number of benzene rings is 2. The van der Waals surface area contributed by atoms with E-state index < -0.39 is 0 Å². The molecule has 0 aliphatic rings. The first-order valence-corrected chi connectivity index (χ1v) is 8.91. The van der Waals surface area contributed by atoms with Gasteiger partial charge in [0.05, 0.1) is 6.54 Å². The fraction of sp³-hybridized carbons (Fsp3) is 0.381. The highest BCUT2D eigenvalue weighted by atomic mass is 16.5. The average molecular weight is 340 g/mol. The van der Waals surface area contributed by atoms with Gasteiger partial charge in [-0.2, -0.15) is 0 Å². The molecule has 0 aliphatic heterocycles. The molecule has 0 radical (unpaired) electrons. The Morgan fingerprint density at radius 1 is 1.08 bits per heavy atom. The van der Waals surface area contributed by atoms with Gasteiger partial charge in [-0.15, -0.1) is 0 Å². The number of amides is 1. The third-order valence-corrected chi connectivity index (χ3v) is 4.20. The van der Waals surface area contributed by atoms with Crippen molar-refractivity contribution in [2.45, 2.75) is 26.8 Å². The summed E-state index contributed by atoms with van der Waals surface area (Å²) in [4.78, 5) is 14.9. The minimum Gasteiger partial charge on any atom is -0.492 e. The van der Waals surface area contributed by atoms with E-state index in [0.717, 1.165) is 30.0 Å². The van der Waals surface area contributed by atoms with Crippen molar-refractivity contribution < 1.29 is 9.53 Å². The van der Waals surface area contributed by atoms with E-state index in [1.54, 1.807) is 0 Å². The number of rotatable bonds is 9. The lowest BCUT2D eigenvalue weighted by Gasteiger charge is -2.29. The first-order chi connectivity index (χ1) is 12.2. The third kappa shape index (κ3) is 5.61. The first kappa shape index (κ1) is 19.0. The molecule has 2 aromatic rings. The lowest BCUT2D eigenvalue weighted by Crippen LogP contribution is -2.41. The normalized spacial score (nSPS) is 12.0. The molecule has 2 rings (SSSR count). The first-order valence-electron chi connectivity index (χ1n) is 8.91. The van der Waals surface area contributed by atoms with E-state index in [1.165, 1.54) is 0 Å². The van der Waals surface area contributed by atoms with Gasteiger partial charge in [-0.3, -0.25) is 9.69 Å². The second-order valence-corrected chi connectivity index (χ2v) is 5.99. The number of hydrogen-bond acceptors (Lipinski definition) is 3. The Labute approximate surface area is 150 Å². The fourth-order valence-corrected chi connectivity index (χ4v) is 2.90. The Balaban J connectivity index is 1.93. The maximum absolute atomic E-state index is 12.8. The quantitative estimate of drug-likeness (QED) is 0.710. The van der Waals surface area contributed by atoms with E-state index in [-0.39, 0.29) is 11.9 Å². The van der Waals surface area contributed by atoms with Gasteiger partial charge >= 0.3 is 0 Å². The van der Waals surface area contributed by atoms with Crippen LogP contribution in [0.2, 0.25) is 0 Å². The molecule has 1 N–H and O–H groups in total. The van der Waals surface area contributed by atoms with E-state index in [9.17, 15) is 4.79 Å². The Kier molecular flexibility index (Phi) is 7.48. The smallest absolute Gasteiger partial charge is 0.242 e. The molecule has 1 unspecified atom stereocenters. The number of nitrogens with zero attached hydrogens (tertiary/aromatic N) is 1. The summed E-state index contributed by atoms with van der Waals surface area (Å²) in [7, 11) is 0. The molecular formula is C21H28N2O2. The molecule has 0 saturated heterocycles. The number of likely N-dealkylation sites (N-methyl/N-ethyl adjacent to an activating group) is 1. The Morgan fingerprint density at radius 2 is 1.80 bits per heavy atom. The molecule has 0 fully saturated rings. The summed E-state index contributed by atoms with van der Waals surface area (Å²) in [5, 5.41) is 3.01. The van der Waals surface area contributed by atoms with Crippen molar-refractivity contribution in [2.24, 2.45) is 0 Å². The van der Waals surface area contributed by atoms with Crippen LogP contribution in [0.3, 0.4) is 0 Å². The summed E-state index contributed by atoms with van der Waals surface area (Å²) in [6.45, 7) is 8.77. The van der Waals surface area contributed by atoms with Gasteiger partial charge < -0.3 is 10.1 Å². The van der Waals surface area contributed by atoms with E-state index in [0.29, 0.717) is 13.2 Å². The highest BCUT2D eigenvalue weighted by Gasteiger charge is 2.25. The van der Waals surface area contributed by atoms with Crippen LogP contribution in [0.1, 0.15) is 31.0 Å². The van der Waals surface area contributed by atoms with Crippen LogP contribution in [0.25, 0.3) is 0 Å². The predicted molar refractivity (Wildman–Crippen MR) is 102 cm³/mol. The second kappa shape index (κ2) is 9.84. The highest BCUT2D eigenvalue weighted by molar-refractivity contribution is 5.83. The van der Waals surface area contributed by atoms with Crippen molar-refractivity contribution >= 4 is 5.91 Å². The molecular weight excluding hydrogens is 312 g/mol. The minimum absolute atomic E-state index is 0.0164. The van der Waals surface area contributed by atoms with Crippen molar-refractivity contribution in [1.29, 1.82) is 0 Å². The van der Waals surface area contributed by atoms with Gasteiger partial charge in [0.2, 0.25) is 5.91 Å². The molecule has 0 aliphatic carbocycles. The van der Waals surface area contributed by atoms with E-state index in [2.05, 4.69) is 24.1 Å². The van der Waals surface area contributed by atoms with Crippen molar-refractivity contribution in [3.05, 3.63) is 65.7 Å². The monoisotopic (exact) mass is 340 g/mol. The summed E-state index contributed by atoms with van der Waals surface area (Å²) in [5.74, 6) is 0.848. The van der Waals surface area contributed by atoms with Gasteiger partial charge in [-0.05, 0) is 43.3 Å². The molecule has 0 saturated carbocycles. The standard InChI is InChI=1S/C21H28N2O2/c1-4-23(5-2)20(18-11-7-6-8-12-18)21(24)22-14-15-25-19-13-9-10-17(3)16-19/h6-13,16,20H,4-5,14-15H2,1-3H3,(H,22,24). The Hall–Kier alpha value is -2.33. The van der Waals surface area contributed by atoms with Crippen molar-refractivity contribution in [2.75, 3.05) is 26.2 Å². The van der Waals surface area contributed by atoms with Crippen LogP contribution < -0.4 is 10.1 Å². The van der Waals surface area contributed by atoms with E-state index in [4.69, 9.17) is 4.74 Å². The summed E-state index contributed by atoms with van der Waals surface area (Å²) >= 11 is 0. The molecule has 2 aromatic carbocycles. The molecule has 1 amide bonds. The fourth-order valence-electron chi connectivity index (χ4n) is 2.90. The summed E-state index contributed by atoms with van der Waals surface area (Å²) in [6.07, 6.45) is 0. The van der Waals surface area contributed by atoms with Crippen LogP contribution >= 0.6 is 0 Å². The van der Waals surface area contributed by atoms with Gasteiger partial charge in [-0.1, -0.05) is 56.3 Å². The topological polar surface area (TPSA) is 41.6 Å². The van der Waals surface area contributed by atoms with Gasteiger partial charge in [0.1, 0.15) is 18.4 Å². The number of ether oxygens (including phenoxy) is 1. The Bertz CT molecular complexity index is 654. The number of nitrogens with one attached hydrogen (secondary N) is 1. The SMILES string of the molecule is CCN(CC)C(C(=O)NCCOc1cccc(C)c1)c1ccccc1. The largest absolute Gasteiger partial charge is 0.492 e. The summed E-state index contributed by atoms with van der Waals surface area (Å²) in [6, 6.07) is 17.6. The van der Waals surface area contributed by atoms with Crippen LogP contribution in [-0.4, -0.2) is 37.0 Å². The highest BCUT2D eigenvalue weighted by Crippen LogP contribution is 2.20. The molecule has 4 nitrogen and oxygen atoms in total. The van der Waals surface area contributed by atoms with Crippen molar-refractivity contribution in [3.8, 4) is 5.75 Å². The molecule has 1 atom stereocenters. The maximum atomic E-state index is 12.8. The average Bonchev–Trinajstić information content (AvgIpc) is 2.63. The number of hydrogen-bond donors (Lipinski definition) is 1. The zero-order valence-electron chi connectivity index (χ0n) is 15.4. The lowest BCUT2D eigenvalue weighted by atomic mass is 10.0. The van der Waals surface area contributed by atoms with Crippen molar-refractivity contribution in [1.82, 2.24) is 10.2 Å². The van der Waals surface area contributed by atoms with Crippen LogP contribution in [-0.2, 0) is 4.79 Å². The van der Waals surface area contributed by atoms with Crippen molar-refractivity contribution in [3.63, 3.8) is 0 Å². The predicted octanol–water partition coefficient (Wildman–Crippen LogP) is 3.57. The minimum atomic E-state index is -0.268.